The molecule has 0 spiro atoms. The van der Waals surface area contributed by atoms with Gasteiger partial charge in [-0.2, -0.15) is 11.8 Å². The molecule has 2 N–H and O–H groups in total. The van der Waals surface area contributed by atoms with Crippen LogP contribution >= 0.6 is 11.8 Å². The highest BCUT2D eigenvalue weighted by Gasteiger charge is 2.23. The summed E-state index contributed by atoms with van der Waals surface area (Å²) in [5.74, 6) is 0.757. The fraction of sp³-hybridized carbons (Fsp3) is 0.387. The molecule has 1 aliphatic heterocycles. The summed E-state index contributed by atoms with van der Waals surface area (Å²) in [6, 6.07) is 14.3. The number of carboxylic acids is 1. The zero-order chi connectivity index (χ0) is 26.5. The number of nitrogens with one attached hydrogen (secondary N) is 1. The van der Waals surface area contributed by atoms with Crippen LogP contribution in [0.15, 0.2) is 42.5 Å². The molecule has 4 nitrogen and oxygen atoms in total. The number of hydrogen-bond donors (Lipinski definition) is 2. The molecule has 0 aliphatic carbocycles. The number of anilines is 1. The Bertz CT molecular complexity index is 1270. The van der Waals surface area contributed by atoms with Crippen molar-refractivity contribution in [2.45, 2.75) is 58.9 Å². The van der Waals surface area contributed by atoms with E-state index in [4.69, 9.17) is 9.84 Å². The summed E-state index contributed by atoms with van der Waals surface area (Å²) in [7, 11) is 0. The molecule has 0 saturated carbocycles. The topological polar surface area (TPSA) is 58.6 Å². The number of carboxylic acid groups (broad SMARTS) is 1. The second-order valence-electron chi connectivity index (χ2n) is 9.93. The van der Waals surface area contributed by atoms with E-state index in [1.807, 2.05) is 17.8 Å². The number of hydrogen-bond acceptors (Lipinski definition) is 4. The molecule has 0 bridgehead atoms. The molecule has 6 heteroatoms. The highest BCUT2D eigenvalue weighted by atomic mass is 32.2. The molecule has 0 amide bonds. The zero-order valence-corrected chi connectivity index (χ0v) is 22.9. The number of thioether (sulfide) groups is 1. The first-order valence-corrected chi connectivity index (χ1v) is 14.3. The third kappa shape index (κ3) is 6.48. The van der Waals surface area contributed by atoms with E-state index in [-0.39, 0.29) is 24.7 Å². The summed E-state index contributed by atoms with van der Waals surface area (Å²) in [6.07, 6.45) is 4.99. The van der Waals surface area contributed by atoms with Crippen LogP contribution in [0.4, 0.5) is 10.1 Å². The molecule has 0 fully saturated rings. The van der Waals surface area contributed by atoms with Crippen LogP contribution in [0.1, 0.15) is 58.7 Å². The van der Waals surface area contributed by atoms with Crippen LogP contribution in [0.3, 0.4) is 0 Å². The molecular formula is C31H36FNO3S. The lowest BCUT2D eigenvalue weighted by Gasteiger charge is -2.29. The van der Waals surface area contributed by atoms with Crippen molar-refractivity contribution in [3.63, 3.8) is 0 Å². The van der Waals surface area contributed by atoms with Crippen molar-refractivity contribution in [2.24, 2.45) is 0 Å². The molecule has 0 saturated heterocycles. The van der Waals surface area contributed by atoms with E-state index < -0.39 is 5.97 Å². The van der Waals surface area contributed by atoms with Gasteiger partial charge in [0.1, 0.15) is 11.6 Å². The predicted octanol–water partition coefficient (Wildman–Crippen LogP) is 7.67. The molecule has 3 aromatic rings. The van der Waals surface area contributed by atoms with E-state index in [0.29, 0.717) is 5.56 Å². The largest absolute Gasteiger partial charge is 0.494 e. The molecule has 1 unspecified atom stereocenters. The zero-order valence-electron chi connectivity index (χ0n) is 22.1. The summed E-state index contributed by atoms with van der Waals surface area (Å²) in [6.45, 7) is 7.12. The van der Waals surface area contributed by atoms with Crippen molar-refractivity contribution in [3.8, 4) is 16.9 Å². The van der Waals surface area contributed by atoms with Gasteiger partial charge in [0, 0.05) is 12.1 Å². The highest BCUT2D eigenvalue weighted by Crippen LogP contribution is 2.38. The van der Waals surface area contributed by atoms with Gasteiger partial charge in [0.05, 0.1) is 12.6 Å². The van der Waals surface area contributed by atoms with Crippen LogP contribution in [0.2, 0.25) is 0 Å². The first-order valence-electron chi connectivity index (χ1n) is 12.9. The van der Waals surface area contributed by atoms with E-state index in [0.717, 1.165) is 48.6 Å². The minimum Gasteiger partial charge on any atom is -0.494 e. The SMILES string of the molecule is CSCCCOc1cc(C)c(-c2ccc(C)c(C3CCc4cc(CCC(=O)O)c(F)cc4N3)c2)c(C)c1. The van der Waals surface area contributed by atoms with Gasteiger partial charge in [0.25, 0.3) is 0 Å². The van der Waals surface area contributed by atoms with Gasteiger partial charge in [-0.15, -0.1) is 0 Å². The monoisotopic (exact) mass is 521 g/mol. The van der Waals surface area contributed by atoms with Gasteiger partial charge < -0.3 is 15.2 Å². The third-order valence-corrected chi connectivity index (χ3v) is 7.82. The first-order chi connectivity index (χ1) is 17.8. The van der Waals surface area contributed by atoms with Gasteiger partial charge in [-0.3, -0.25) is 4.79 Å². The van der Waals surface area contributed by atoms with Crippen molar-refractivity contribution in [1.29, 1.82) is 0 Å². The van der Waals surface area contributed by atoms with Crippen LogP contribution in [0.5, 0.6) is 5.75 Å². The minimum absolute atomic E-state index is 0.0678. The Morgan fingerprint density at radius 1 is 1.11 bits per heavy atom. The summed E-state index contributed by atoms with van der Waals surface area (Å²) in [5, 5.41) is 12.5. The molecule has 0 radical (unpaired) electrons. The Morgan fingerprint density at radius 2 is 1.86 bits per heavy atom. The molecule has 1 heterocycles. The maximum Gasteiger partial charge on any atom is 0.303 e. The number of fused-ring (bicyclic) bond motifs is 1. The van der Waals surface area contributed by atoms with Crippen LogP contribution in [-0.2, 0) is 17.6 Å². The van der Waals surface area contributed by atoms with E-state index in [9.17, 15) is 9.18 Å². The standard InChI is InChI=1S/C31H36FNO3S/c1-19-6-7-24(31-20(2)14-25(15-21(31)3)36-12-5-13-37-4)17-26(19)28-10-8-23-16-22(9-11-30(34)35)27(32)18-29(23)33-28/h6-7,14-18,28,33H,5,8-13H2,1-4H3,(H,34,35). The smallest absolute Gasteiger partial charge is 0.303 e. The average Bonchev–Trinajstić information content (AvgIpc) is 2.85. The van der Waals surface area contributed by atoms with Crippen molar-refractivity contribution in [3.05, 3.63) is 81.7 Å². The van der Waals surface area contributed by atoms with E-state index >= 15 is 0 Å². The summed E-state index contributed by atoms with van der Waals surface area (Å²) < 4.78 is 20.7. The van der Waals surface area contributed by atoms with Gasteiger partial charge in [-0.25, -0.2) is 4.39 Å². The Kier molecular flexibility index (Phi) is 8.80. The summed E-state index contributed by atoms with van der Waals surface area (Å²) in [5.41, 5.74) is 9.51. The van der Waals surface area contributed by atoms with Crippen LogP contribution in [-0.4, -0.2) is 29.7 Å². The normalized spacial score (nSPS) is 14.7. The van der Waals surface area contributed by atoms with E-state index in [1.165, 1.54) is 39.4 Å². The number of ether oxygens (including phenoxy) is 1. The van der Waals surface area contributed by atoms with Gasteiger partial charge in [0.15, 0.2) is 0 Å². The van der Waals surface area contributed by atoms with Crippen molar-refractivity contribution in [2.75, 3.05) is 23.9 Å². The Hall–Kier alpha value is -2.99. The Labute approximate surface area is 223 Å². The van der Waals surface area contributed by atoms with Crippen LogP contribution in [0, 0.1) is 26.6 Å². The maximum atomic E-state index is 14.7. The highest BCUT2D eigenvalue weighted by molar-refractivity contribution is 7.98. The number of aliphatic carboxylic acids is 1. The van der Waals surface area contributed by atoms with E-state index in [2.05, 4.69) is 62.7 Å². The number of aryl methyl sites for hydroxylation is 5. The number of rotatable bonds is 10. The quantitative estimate of drug-likeness (QED) is 0.268. The fourth-order valence-electron chi connectivity index (χ4n) is 5.26. The average molecular weight is 522 g/mol. The van der Waals surface area contributed by atoms with E-state index in [1.54, 1.807) is 0 Å². The lowest BCUT2D eigenvalue weighted by atomic mass is 9.87. The van der Waals surface area contributed by atoms with Gasteiger partial charge in [-0.05, 0) is 127 Å². The summed E-state index contributed by atoms with van der Waals surface area (Å²) in [4.78, 5) is 10.9. The molecule has 1 atom stereocenters. The lowest BCUT2D eigenvalue weighted by molar-refractivity contribution is -0.136. The molecule has 37 heavy (non-hydrogen) atoms. The number of carbonyl (C=O) groups is 1. The number of benzene rings is 3. The maximum absolute atomic E-state index is 14.7. The van der Waals surface area contributed by atoms with Crippen molar-refractivity contribution in [1.82, 2.24) is 0 Å². The van der Waals surface area contributed by atoms with Crippen molar-refractivity contribution < 1.29 is 19.0 Å². The molecule has 0 aromatic heterocycles. The van der Waals surface area contributed by atoms with Crippen molar-refractivity contribution >= 4 is 23.4 Å². The molecule has 1 aliphatic rings. The predicted molar refractivity (Wildman–Crippen MR) is 152 cm³/mol. The number of halogens is 1. The van der Waals surface area contributed by atoms with Gasteiger partial charge in [-0.1, -0.05) is 18.2 Å². The second-order valence-corrected chi connectivity index (χ2v) is 10.9. The van der Waals surface area contributed by atoms with Gasteiger partial charge >= 0.3 is 5.97 Å². The lowest BCUT2D eigenvalue weighted by Crippen LogP contribution is -2.19. The fourth-order valence-corrected chi connectivity index (χ4v) is 5.67. The summed E-state index contributed by atoms with van der Waals surface area (Å²) >= 11 is 1.83. The molecule has 3 aromatic carbocycles. The Morgan fingerprint density at radius 3 is 2.57 bits per heavy atom. The van der Waals surface area contributed by atoms with Gasteiger partial charge in [0.2, 0.25) is 0 Å². The molecule has 4 rings (SSSR count). The molecular weight excluding hydrogens is 485 g/mol. The third-order valence-electron chi connectivity index (χ3n) is 7.12. The minimum atomic E-state index is -0.913. The second kappa shape index (κ2) is 12.0. The first kappa shape index (κ1) is 27.1. The Balaban J connectivity index is 1.56. The molecule has 196 valence electrons. The van der Waals surface area contributed by atoms with Crippen LogP contribution in [0.25, 0.3) is 11.1 Å². The van der Waals surface area contributed by atoms with Crippen LogP contribution < -0.4 is 10.1 Å².